The van der Waals surface area contributed by atoms with Crippen molar-refractivity contribution < 1.29 is 4.79 Å². The van der Waals surface area contributed by atoms with Crippen LogP contribution in [-0.4, -0.2) is 17.9 Å². The van der Waals surface area contributed by atoms with Crippen LogP contribution in [0.1, 0.15) is 10.5 Å². The number of carbonyl (C=O) groups excluding carboxylic acids is 1. The van der Waals surface area contributed by atoms with Crippen molar-refractivity contribution in [3.05, 3.63) is 51.7 Å². The number of nitrogens with one attached hydrogen (secondary N) is 2. The smallest absolute Gasteiger partial charge is 0.274 e. The fourth-order valence-electron chi connectivity index (χ4n) is 1.48. The Labute approximate surface area is 124 Å². The lowest BCUT2D eigenvalue weighted by atomic mass is 10.2. The van der Waals surface area contributed by atoms with Crippen molar-refractivity contribution in [1.82, 2.24) is 4.98 Å². The molecule has 0 saturated heterocycles. The molecule has 4 nitrogen and oxygen atoms in total. The number of halogens is 2. The van der Waals surface area contributed by atoms with Crippen LogP contribution < -0.4 is 10.6 Å². The molecule has 0 aliphatic heterocycles. The first-order chi connectivity index (χ1) is 9.10. The van der Waals surface area contributed by atoms with Crippen LogP contribution in [0.2, 0.25) is 5.02 Å². The van der Waals surface area contributed by atoms with E-state index in [4.69, 9.17) is 11.6 Å². The second kappa shape index (κ2) is 6.04. The van der Waals surface area contributed by atoms with Crippen LogP contribution in [0.4, 0.5) is 11.4 Å². The maximum atomic E-state index is 12.0. The van der Waals surface area contributed by atoms with Gasteiger partial charge in [-0.05, 0) is 46.3 Å². The van der Waals surface area contributed by atoms with E-state index in [1.165, 1.54) is 0 Å². The molecule has 2 rings (SSSR count). The van der Waals surface area contributed by atoms with Crippen molar-refractivity contribution in [3.63, 3.8) is 0 Å². The van der Waals surface area contributed by atoms with Gasteiger partial charge in [-0.3, -0.25) is 9.78 Å². The van der Waals surface area contributed by atoms with E-state index in [1.807, 2.05) is 0 Å². The van der Waals surface area contributed by atoms with Crippen LogP contribution in [0.25, 0.3) is 0 Å². The molecule has 0 unspecified atom stereocenters. The van der Waals surface area contributed by atoms with Crippen LogP contribution >= 0.6 is 27.5 Å². The lowest BCUT2D eigenvalue weighted by Crippen LogP contribution is -2.13. The summed E-state index contributed by atoms with van der Waals surface area (Å²) in [7, 11) is 1.79. The molecule has 2 aromatic rings. The molecular weight excluding hydrogens is 330 g/mol. The molecule has 0 fully saturated rings. The third-order valence-electron chi connectivity index (χ3n) is 2.46. The fraction of sp³-hybridized carbons (Fsp3) is 0.0769. The fourth-order valence-corrected chi connectivity index (χ4v) is 1.98. The van der Waals surface area contributed by atoms with Crippen LogP contribution in [0.3, 0.4) is 0 Å². The van der Waals surface area contributed by atoms with Crippen molar-refractivity contribution in [3.8, 4) is 0 Å². The largest absolute Gasteiger partial charge is 0.388 e. The normalized spacial score (nSPS) is 10.1. The number of hydrogen-bond acceptors (Lipinski definition) is 3. The summed E-state index contributed by atoms with van der Waals surface area (Å²) < 4.78 is 0.726. The average Bonchev–Trinajstić information content (AvgIpc) is 2.43. The van der Waals surface area contributed by atoms with Gasteiger partial charge in [0.2, 0.25) is 0 Å². The zero-order valence-electron chi connectivity index (χ0n) is 10.1. The molecule has 98 valence electrons. The van der Waals surface area contributed by atoms with Crippen molar-refractivity contribution in [2.75, 3.05) is 17.7 Å². The number of rotatable bonds is 3. The monoisotopic (exact) mass is 339 g/mol. The van der Waals surface area contributed by atoms with E-state index in [0.29, 0.717) is 16.4 Å². The number of aromatic nitrogens is 1. The number of nitrogens with zero attached hydrogens (tertiary/aromatic N) is 1. The number of hydrogen-bond donors (Lipinski definition) is 2. The first-order valence-corrected chi connectivity index (χ1v) is 6.67. The minimum Gasteiger partial charge on any atom is -0.388 e. The van der Waals surface area contributed by atoms with Gasteiger partial charge in [0.1, 0.15) is 5.69 Å². The van der Waals surface area contributed by atoms with E-state index in [9.17, 15) is 4.79 Å². The van der Waals surface area contributed by atoms with E-state index < -0.39 is 0 Å². The molecule has 0 aliphatic carbocycles. The second-order valence-electron chi connectivity index (χ2n) is 3.76. The number of benzene rings is 1. The highest BCUT2D eigenvalue weighted by molar-refractivity contribution is 9.10. The van der Waals surface area contributed by atoms with Gasteiger partial charge in [0.25, 0.3) is 5.91 Å². The molecule has 6 heteroatoms. The predicted octanol–water partition coefficient (Wildman–Crippen LogP) is 3.79. The molecule has 0 radical (unpaired) electrons. The van der Waals surface area contributed by atoms with Crippen LogP contribution in [0.5, 0.6) is 0 Å². The highest BCUT2D eigenvalue weighted by Gasteiger charge is 2.09. The molecule has 0 atom stereocenters. The first-order valence-electron chi connectivity index (χ1n) is 5.50. The molecule has 0 bridgehead atoms. The number of amides is 1. The van der Waals surface area contributed by atoms with Gasteiger partial charge in [0.05, 0.1) is 5.02 Å². The third-order valence-corrected chi connectivity index (χ3v) is 3.67. The highest BCUT2D eigenvalue weighted by Crippen LogP contribution is 2.25. The quantitative estimate of drug-likeness (QED) is 0.894. The van der Waals surface area contributed by atoms with Gasteiger partial charge in [-0.15, -0.1) is 0 Å². The topological polar surface area (TPSA) is 54.0 Å². The summed E-state index contributed by atoms with van der Waals surface area (Å²) in [4.78, 5) is 16.1. The molecule has 1 amide bonds. The standard InChI is InChI=1S/C13H11BrClN3O/c1-16-8-4-5-17-12(7-8)13(19)18-9-2-3-11(15)10(14)6-9/h2-7H,1H3,(H,16,17)(H,18,19). The maximum Gasteiger partial charge on any atom is 0.274 e. The molecule has 1 heterocycles. The molecule has 19 heavy (non-hydrogen) atoms. The Morgan fingerprint density at radius 1 is 1.26 bits per heavy atom. The molecular formula is C13H11BrClN3O. The second-order valence-corrected chi connectivity index (χ2v) is 5.02. The molecule has 2 N–H and O–H groups in total. The summed E-state index contributed by atoms with van der Waals surface area (Å²) in [6.07, 6.45) is 1.58. The molecule has 1 aromatic heterocycles. The summed E-state index contributed by atoms with van der Waals surface area (Å²) >= 11 is 9.20. The lowest BCUT2D eigenvalue weighted by molar-refractivity contribution is 0.102. The van der Waals surface area contributed by atoms with Crippen molar-refractivity contribution in [2.24, 2.45) is 0 Å². The lowest BCUT2D eigenvalue weighted by Gasteiger charge is -2.07. The summed E-state index contributed by atoms with van der Waals surface area (Å²) in [5.74, 6) is -0.272. The van der Waals surface area contributed by atoms with Gasteiger partial charge in [0, 0.05) is 29.1 Å². The van der Waals surface area contributed by atoms with Gasteiger partial charge >= 0.3 is 0 Å². The minimum absolute atomic E-state index is 0.272. The van der Waals surface area contributed by atoms with E-state index in [-0.39, 0.29) is 5.91 Å². The summed E-state index contributed by atoms with van der Waals surface area (Å²) in [5, 5.41) is 6.31. The number of anilines is 2. The Morgan fingerprint density at radius 3 is 2.74 bits per heavy atom. The summed E-state index contributed by atoms with van der Waals surface area (Å²) in [5.41, 5.74) is 1.83. The molecule has 0 spiro atoms. The predicted molar refractivity (Wildman–Crippen MR) is 80.9 cm³/mol. The van der Waals surface area contributed by atoms with Crippen molar-refractivity contribution in [1.29, 1.82) is 0 Å². The van der Waals surface area contributed by atoms with Crippen LogP contribution in [0.15, 0.2) is 41.0 Å². The molecule has 0 aliphatic rings. The zero-order valence-corrected chi connectivity index (χ0v) is 12.4. The van der Waals surface area contributed by atoms with E-state index >= 15 is 0 Å². The SMILES string of the molecule is CNc1ccnc(C(=O)Nc2ccc(Cl)c(Br)c2)c1. The number of pyridine rings is 1. The summed E-state index contributed by atoms with van der Waals surface area (Å²) in [6, 6.07) is 8.64. The van der Waals surface area contributed by atoms with Crippen LogP contribution in [-0.2, 0) is 0 Å². The third kappa shape index (κ3) is 3.45. The highest BCUT2D eigenvalue weighted by atomic mass is 79.9. The Morgan fingerprint density at radius 2 is 2.05 bits per heavy atom. The average molecular weight is 341 g/mol. The Hall–Kier alpha value is -1.59. The van der Waals surface area contributed by atoms with Gasteiger partial charge in [-0.2, -0.15) is 0 Å². The van der Waals surface area contributed by atoms with E-state index in [0.717, 1.165) is 10.2 Å². The molecule has 1 aromatic carbocycles. The van der Waals surface area contributed by atoms with Gasteiger partial charge < -0.3 is 10.6 Å². The maximum absolute atomic E-state index is 12.0. The Balaban J connectivity index is 2.18. The first kappa shape index (κ1) is 13.8. The minimum atomic E-state index is -0.272. The number of carbonyl (C=O) groups is 1. The zero-order chi connectivity index (χ0) is 13.8. The van der Waals surface area contributed by atoms with Gasteiger partial charge in [-0.25, -0.2) is 0 Å². The molecule has 0 saturated carbocycles. The van der Waals surface area contributed by atoms with Crippen molar-refractivity contribution >= 4 is 44.8 Å². The van der Waals surface area contributed by atoms with E-state index in [1.54, 1.807) is 43.6 Å². The Bertz CT molecular complexity index is 619. The van der Waals surface area contributed by atoms with Gasteiger partial charge in [-0.1, -0.05) is 11.6 Å². The summed E-state index contributed by atoms with van der Waals surface area (Å²) in [6.45, 7) is 0. The Kier molecular flexibility index (Phi) is 4.39. The van der Waals surface area contributed by atoms with E-state index in [2.05, 4.69) is 31.5 Å². The van der Waals surface area contributed by atoms with Gasteiger partial charge in [0.15, 0.2) is 0 Å². The van der Waals surface area contributed by atoms with Crippen molar-refractivity contribution in [2.45, 2.75) is 0 Å². The van der Waals surface area contributed by atoms with Crippen LogP contribution in [0, 0.1) is 0 Å².